The summed E-state index contributed by atoms with van der Waals surface area (Å²) >= 11 is 1.01. The van der Waals surface area contributed by atoms with Crippen LogP contribution in [-0.4, -0.2) is 36.8 Å². The highest BCUT2D eigenvalue weighted by atomic mass is 32.2. The Balaban J connectivity index is 1.83. The van der Waals surface area contributed by atoms with E-state index in [1.165, 1.54) is 50.9 Å². The highest BCUT2D eigenvalue weighted by Crippen LogP contribution is 2.34. The number of pyridine rings is 1. The number of alkyl halides is 3. The Morgan fingerprint density at radius 3 is 2.53 bits per heavy atom. The molecule has 0 unspecified atom stereocenters. The van der Waals surface area contributed by atoms with E-state index in [1.54, 1.807) is 6.07 Å². The molecule has 0 atom stereocenters. The third kappa shape index (κ3) is 6.97. The molecule has 1 N–H and O–H groups in total. The third-order valence-corrected chi connectivity index (χ3v) is 6.07. The fourth-order valence-electron chi connectivity index (χ4n) is 3.33. The molecule has 1 heterocycles. The zero-order chi connectivity index (χ0) is 26.3. The van der Waals surface area contributed by atoms with Crippen molar-refractivity contribution in [3.63, 3.8) is 0 Å². The van der Waals surface area contributed by atoms with Gasteiger partial charge >= 0.3 is 12.1 Å². The molecule has 2 aromatic carbocycles. The van der Waals surface area contributed by atoms with Crippen molar-refractivity contribution in [1.29, 1.82) is 0 Å². The molecule has 0 aliphatic carbocycles. The molecule has 0 aliphatic heterocycles. The molecule has 3 rings (SSSR count). The first-order chi connectivity index (χ1) is 17.1. The molecular weight excluding hydrogens is 500 g/mol. The van der Waals surface area contributed by atoms with Gasteiger partial charge in [0.15, 0.2) is 0 Å². The van der Waals surface area contributed by atoms with E-state index in [1.807, 2.05) is 0 Å². The number of carbonyl (C=O) groups excluding carboxylic acids is 2. The van der Waals surface area contributed by atoms with Gasteiger partial charge in [0.1, 0.15) is 11.6 Å². The third-order valence-electron chi connectivity index (χ3n) is 5.10. The van der Waals surface area contributed by atoms with Crippen LogP contribution in [0.2, 0.25) is 0 Å². The number of rotatable bonds is 9. The maximum Gasteiger partial charge on any atom is 0.416 e. The SMILES string of the molecule is COC(=O)CCSc1cc(C(=O)NCc2cnccc2-c2ccc(F)cc2OC)cc(C(F)(F)F)c1. The van der Waals surface area contributed by atoms with Gasteiger partial charge < -0.3 is 14.8 Å². The van der Waals surface area contributed by atoms with Crippen molar-refractivity contribution in [3.8, 4) is 16.9 Å². The van der Waals surface area contributed by atoms with Gasteiger partial charge in [-0.3, -0.25) is 14.6 Å². The summed E-state index contributed by atoms with van der Waals surface area (Å²) in [6.07, 6.45) is -1.63. The van der Waals surface area contributed by atoms with E-state index in [0.717, 1.165) is 23.9 Å². The number of esters is 1. The number of nitrogens with zero attached hydrogens (tertiary/aromatic N) is 1. The van der Waals surface area contributed by atoms with Crippen molar-refractivity contribution in [3.05, 3.63) is 77.4 Å². The molecule has 0 fully saturated rings. The summed E-state index contributed by atoms with van der Waals surface area (Å²) in [6.45, 7) is -0.0520. The largest absolute Gasteiger partial charge is 0.496 e. The molecule has 0 saturated carbocycles. The highest BCUT2D eigenvalue weighted by molar-refractivity contribution is 7.99. The lowest BCUT2D eigenvalue weighted by Crippen LogP contribution is -2.24. The molecule has 190 valence electrons. The average Bonchev–Trinajstić information content (AvgIpc) is 2.86. The first-order valence-corrected chi connectivity index (χ1v) is 11.6. The van der Waals surface area contributed by atoms with E-state index >= 15 is 0 Å². The van der Waals surface area contributed by atoms with Crippen molar-refractivity contribution in [2.45, 2.75) is 24.0 Å². The van der Waals surface area contributed by atoms with Gasteiger partial charge in [0.05, 0.1) is 26.2 Å². The zero-order valence-corrected chi connectivity index (χ0v) is 20.1. The summed E-state index contributed by atoms with van der Waals surface area (Å²) in [4.78, 5) is 28.4. The van der Waals surface area contributed by atoms with E-state index in [0.29, 0.717) is 16.7 Å². The van der Waals surface area contributed by atoms with Gasteiger partial charge in [0.2, 0.25) is 0 Å². The number of thioether (sulfide) groups is 1. The standard InChI is InChI=1S/C25H22F4N2O4S/c1-34-22-12-18(26)3-4-21(22)20-5-7-30-13-16(20)14-31-24(33)15-9-17(25(27,28)29)11-19(10-15)36-8-6-23(32)35-2/h3-5,7,9-13H,6,8,14H2,1-2H3,(H,31,33). The second-order valence-electron chi connectivity index (χ2n) is 7.48. The number of aromatic nitrogens is 1. The molecule has 0 radical (unpaired) electrons. The highest BCUT2D eigenvalue weighted by Gasteiger charge is 2.32. The molecule has 3 aromatic rings. The van der Waals surface area contributed by atoms with E-state index in [2.05, 4.69) is 15.0 Å². The predicted octanol–water partition coefficient (Wildman–Crippen LogP) is 5.50. The monoisotopic (exact) mass is 522 g/mol. The summed E-state index contributed by atoms with van der Waals surface area (Å²) in [6, 6.07) is 8.71. The topological polar surface area (TPSA) is 77.5 Å². The van der Waals surface area contributed by atoms with Crippen LogP contribution in [0.5, 0.6) is 5.75 Å². The summed E-state index contributed by atoms with van der Waals surface area (Å²) in [7, 11) is 2.62. The fourth-order valence-corrected chi connectivity index (χ4v) is 4.25. The molecular formula is C25H22F4N2O4S. The minimum Gasteiger partial charge on any atom is -0.496 e. The summed E-state index contributed by atoms with van der Waals surface area (Å²) < 4.78 is 63.8. The lowest BCUT2D eigenvalue weighted by atomic mass is 10.0. The maximum atomic E-state index is 13.6. The van der Waals surface area contributed by atoms with Gasteiger partial charge in [-0.15, -0.1) is 11.8 Å². The molecule has 1 amide bonds. The van der Waals surface area contributed by atoms with Crippen LogP contribution in [0.15, 0.2) is 59.8 Å². The Labute approximate surface area is 209 Å². The van der Waals surface area contributed by atoms with Gasteiger partial charge in [-0.25, -0.2) is 4.39 Å². The number of halogens is 4. The Morgan fingerprint density at radius 2 is 1.83 bits per heavy atom. The number of nitrogens with one attached hydrogen (secondary N) is 1. The summed E-state index contributed by atoms with van der Waals surface area (Å²) in [5, 5.41) is 2.62. The van der Waals surface area contributed by atoms with Crippen molar-refractivity contribution in [2.75, 3.05) is 20.0 Å². The fraction of sp³-hybridized carbons (Fsp3) is 0.240. The molecule has 0 saturated heterocycles. The normalized spacial score (nSPS) is 11.2. The second-order valence-corrected chi connectivity index (χ2v) is 8.65. The molecule has 0 spiro atoms. The molecule has 0 bridgehead atoms. The molecule has 1 aromatic heterocycles. The first kappa shape index (κ1) is 27.0. The second kappa shape index (κ2) is 11.9. The van der Waals surface area contributed by atoms with Crippen LogP contribution in [-0.2, 0) is 22.3 Å². The van der Waals surface area contributed by atoms with Crippen molar-refractivity contribution in [1.82, 2.24) is 10.3 Å². The Kier molecular flexibility index (Phi) is 8.92. The van der Waals surface area contributed by atoms with Crippen molar-refractivity contribution in [2.24, 2.45) is 0 Å². The lowest BCUT2D eigenvalue weighted by molar-refractivity contribution is -0.140. The summed E-state index contributed by atoms with van der Waals surface area (Å²) in [5.41, 5.74) is 0.568. The van der Waals surface area contributed by atoms with Crippen LogP contribution in [0.25, 0.3) is 11.1 Å². The number of ether oxygens (including phenoxy) is 2. The number of amides is 1. The minimum atomic E-state index is -4.66. The predicted molar refractivity (Wildman–Crippen MR) is 126 cm³/mol. The van der Waals surface area contributed by atoms with Crippen molar-refractivity contribution < 1.29 is 36.6 Å². The van der Waals surface area contributed by atoms with Crippen LogP contribution in [0.1, 0.15) is 27.9 Å². The Bertz CT molecular complexity index is 1250. The Morgan fingerprint density at radius 1 is 1.06 bits per heavy atom. The van der Waals surface area contributed by atoms with E-state index in [9.17, 15) is 27.2 Å². The van der Waals surface area contributed by atoms with Gasteiger partial charge in [-0.2, -0.15) is 13.2 Å². The number of hydrogen-bond donors (Lipinski definition) is 1. The van der Waals surface area contributed by atoms with E-state index in [4.69, 9.17) is 4.74 Å². The molecule has 6 nitrogen and oxygen atoms in total. The van der Waals surface area contributed by atoms with E-state index < -0.39 is 29.4 Å². The number of methoxy groups -OCH3 is 2. The van der Waals surface area contributed by atoms with E-state index in [-0.39, 0.29) is 34.9 Å². The Hall–Kier alpha value is -3.60. The van der Waals surface area contributed by atoms with Gasteiger partial charge in [-0.05, 0) is 47.5 Å². The van der Waals surface area contributed by atoms with Gasteiger partial charge in [0.25, 0.3) is 5.91 Å². The minimum absolute atomic E-state index is 0.00950. The van der Waals surface area contributed by atoms with Gasteiger partial charge in [0, 0.05) is 46.8 Å². The number of hydrogen-bond acceptors (Lipinski definition) is 6. The lowest BCUT2D eigenvalue weighted by Gasteiger charge is -2.15. The van der Waals surface area contributed by atoms with Crippen LogP contribution in [0.3, 0.4) is 0 Å². The quantitative estimate of drug-likeness (QED) is 0.227. The smallest absolute Gasteiger partial charge is 0.416 e. The maximum absolute atomic E-state index is 13.6. The summed E-state index contributed by atoms with van der Waals surface area (Å²) in [5.74, 6) is -1.23. The zero-order valence-electron chi connectivity index (χ0n) is 19.3. The number of carbonyl (C=O) groups is 2. The molecule has 0 aliphatic rings. The van der Waals surface area contributed by atoms with Crippen LogP contribution >= 0.6 is 11.8 Å². The average molecular weight is 523 g/mol. The van der Waals surface area contributed by atoms with Gasteiger partial charge in [-0.1, -0.05) is 0 Å². The van der Waals surface area contributed by atoms with Crippen LogP contribution in [0, 0.1) is 5.82 Å². The van der Waals surface area contributed by atoms with Crippen molar-refractivity contribution >= 4 is 23.6 Å². The first-order valence-electron chi connectivity index (χ1n) is 10.6. The van der Waals surface area contributed by atoms with Crippen LogP contribution in [0.4, 0.5) is 17.6 Å². The molecule has 36 heavy (non-hydrogen) atoms. The van der Waals surface area contributed by atoms with Crippen LogP contribution < -0.4 is 10.1 Å². The molecule has 11 heteroatoms. The number of benzene rings is 2.